The first-order valence-corrected chi connectivity index (χ1v) is 10.3. The highest BCUT2D eigenvalue weighted by molar-refractivity contribution is 6.32. The van der Waals surface area contributed by atoms with E-state index in [2.05, 4.69) is 12.1 Å². The number of fused-ring (bicyclic) bond motifs is 1. The van der Waals surface area contributed by atoms with Gasteiger partial charge in [0.25, 0.3) is 0 Å². The van der Waals surface area contributed by atoms with E-state index < -0.39 is 5.82 Å². The van der Waals surface area contributed by atoms with Crippen molar-refractivity contribution >= 4 is 34.0 Å². The van der Waals surface area contributed by atoms with Crippen LogP contribution in [-0.4, -0.2) is 7.11 Å². The number of ether oxygens (including phenoxy) is 2. The third-order valence-electron chi connectivity index (χ3n) is 5.10. The van der Waals surface area contributed by atoms with Gasteiger partial charge in [-0.2, -0.15) is 5.26 Å². The quantitative estimate of drug-likeness (QED) is 0.232. The number of allylic oxidation sites excluding steroid dienone is 1. The molecule has 0 saturated heterocycles. The molecule has 158 valence electrons. The van der Waals surface area contributed by atoms with Crippen molar-refractivity contribution in [2.24, 2.45) is 0 Å². The van der Waals surface area contributed by atoms with Crippen molar-refractivity contribution in [1.29, 1.82) is 5.26 Å². The Bertz CT molecular complexity index is 1350. The summed E-state index contributed by atoms with van der Waals surface area (Å²) in [4.78, 5) is 0. The van der Waals surface area contributed by atoms with Crippen LogP contribution in [0.15, 0.2) is 78.9 Å². The number of hydrogen-bond acceptors (Lipinski definition) is 3. The van der Waals surface area contributed by atoms with Gasteiger partial charge in [0.2, 0.25) is 0 Å². The Morgan fingerprint density at radius 1 is 1.03 bits per heavy atom. The van der Waals surface area contributed by atoms with E-state index in [1.807, 2.05) is 36.4 Å². The number of nitrogens with zero attached hydrogens (tertiary/aromatic N) is 1. The highest BCUT2D eigenvalue weighted by Crippen LogP contribution is 2.38. The van der Waals surface area contributed by atoms with Crippen LogP contribution < -0.4 is 9.47 Å². The fourth-order valence-corrected chi connectivity index (χ4v) is 3.82. The van der Waals surface area contributed by atoms with Gasteiger partial charge in [0, 0.05) is 5.56 Å². The fourth-order valence-electron chi connectivity index (χ4n) is 3.55. The van der Waals surface area contributed by atoms with E-state index in [0.717, 1.165) is 16.3 Å². The first-order chi connectivity index (χ1) is 15.6. The first kappa shape index (κ1) is 21.4. The molecule has 32 heavy (non-hydrogen) atoms. The molecule has 4 aromatic carbocycles. The van der Waals surface area contributed by atoms with Gasteiger partial charge >= 0.3 is 0 Å². The van der Waals surface area contributed by atoms with E-state index >= 15 is 0 Å². The van der Waals surface area contributed by atoms with Gasteiger partial charge < -0.3 is 9.47 Å². The van der Waals surface area contributed by atoms with Crippen molar-refractivity contribution in [1.82, 2.24) is 0 Å². The van der Waals surface area contributed by atoms with Crippen LogP contribution in [0.2, 0.25) is 5.02 Å². The minimum Gasteiger partial charge on any atom is -0.493 e. The molecule has 4 rings (SSSR count). The highest BCUT2D eigenvalue weighted by atomic mass is 35.5. The third-order valence-corrected chi connectivity index (χ3v) is 5.38. The van der Waals surface area contributed by atoms with Crippen LogP contribution in [-0.2, 0) is 6.61 Å². The predicted molar refractivity (Wildman–Crippen MR) is 126 cm³/mol. The predicted octanol–water partition coefficient (Wildman–Crippen LogP) is 7.28. The summed E-state index contributed by atoms with van der Waals surface area (Å²) in [7, 11) is 1.52. The molecule has 5 heteroatoms. The zero-order valence-corrected chi connectivity index (χ0v) is 18.1. The maximum absolute atomic E-state index is 14.1. The number of nitriles is 1. The Morgan fingerprint density at radius 3 is 2.56 bits per heavy atom. The van der Waals surface area contributed by atoms with Crippen molar-refractivity contribution < 1.29 is 13.9 Å². The molecule has 0 heterocycles. The highest BCUT2D eigenvalue weighted by Gasteiger charge is 2.14. The Hall–Kier alpha value is -3.81. The lowest BCUT2D eigenvalue weighted by molar-refractivity contribution is 0.286. The number of benzene rings is 4. The van der Waals surface area contributed by atoms with E-state index in [9.17, 15) is 9.65 Å². The molecule has 0 atom stereocenters. The van der Waals surface area contributed by atoms with Crippen LogP contribution >= 0.6 is 11.6 Å². The summed E-state index contributed by atoms with van der Waals surface area (Å²) in [5, 5.41) is 12.1. The Morgan fingerprint density at radius 2 is 1.78 bits per heavy atom. The molecule has 0 spiro atoms. The van der Waals surface area contributed by atoms with Gasteiger partial charge in [-0.25, -0.2) is 4.39 Å². The summed E-state index contributed by atoms with van der Waals surface area (Å²) in [6.45, 7) is 0.311. The Labute approximate surface area is 190 Å². The van der Waals surface area contributed by atoms with E-state index in [1.165, 1.54) is 13.2 Å². The molecular formula is C27H19ClFNO2. The average molecular weight is 444 g/mol. The lowest BCUT2D eigenvalue weighted by Crippen LogP contribution is -2.00. The van der Waals surface area contributed by atoms with Gasteiger partial charge in [-0.3, -0.25) is 0 Å². The lowest BCUT2D eigenvalue weighted by atomic mass is 10.0. The maximum atomic E-state index is 14.1. The Balaban J connectivity index is 1.65. The van der Waals surface area contributed by atoms with Crippen LogP contribution in [0.4, 0.5) is 4.39 Å². The van der Waals surface area contributed by atoms with Gasteiger partial charge in [-0.05, 0) is 46.2 Å². The van der Waals surface area contributed by atoms with Crippen molar-refractivity contribution in [3.63, 3.8) is 0 Å². The second kappa shape index (κ2) is 9.55. The van der Waals surface area contributed by atoms with E-state index in [4.69, 9.17) is 21.1 Å². The molecular weight excluding hydrogens is 425 g/mol. The SMILES string of the molecule is COc1cc(/C=C(/C#N)c2ccccc2F)cc(Cl)c1OCc1cccc2ccccc12. The second-order valence-corrected chi connectivity index (χ2v) is 7.52. The first-order valence-electron chi connectivity index (χ1n) is 9.94. The van der Waals surface area contributed by atoms with Crippen LogP contribution in [0.5, 0.6) is 11.5 Å². The maximum Gasteiger partial charge on any atom is 0.180 e. The van der Waals surface area contributed by atoms with E-state index in [-0.39, 0.29) is 11.1 Å². The molecule has 0 aromatic heterocycles. The fraction of sp³-hybridized carbons (Fsp3) is 0.0741. The van der Waals surface area contributed by atoms with Crippen molar-refractivity contribution in [3.05, 3.63) is 106 Å². The molecule has 0 N–H and O–H groups in total. The van der Waals surface area contributed by atoms with Gasteiger partial charge in [0.05, 0.1) is 23.8 Å². The van der Waals surface area contributed by atoms with Crippen molar-refractivity contribution in [2.75, 3.05) is 7.11 Å². The summed E-state index contributed by atoms with van der Waals surface area (Å²) in [6.07, 6.45) is 1.57. The topological polar surface area (TPSA) is 42.2 Å². The molecule has 0 amide bonds. The summed E-state index contributed by atoms with van der Waals surface area (Å²) in [5.41, 5.74) is 2.03. The number of hydrogen-bond donors (Lipinski definition) is 0. The lowest BCUT2D eigenvalue weighted by Gasteiger charge is -2.14. The smallest absolute Gasteiger partial charge is 0.180 e. The van der Waals surface area contributed by atoms with Crippen molar-refractivity contribution in [3.8, 4) is 17.6 Å². The Kier molecular flexibility index (Phi) is 6.39. The molecule has 0 radical (unpaired) electrons. The van der Waals surface area contributed by atoms with Gasteiger partial charge in [0.1, 0.15) is 12.4 Å². The molecule has 0 aliphatic rings. The average Bonchev–Trinajstić information content (AvgIpc) is 2.82. The van der Waals surface area contributed by atoms with Gasteiger partial charge in [0.15, 0.2) is 11.5 Å². The second-order valence-electron chi connectivity index (χ2n) is 7.11. The number of methoxy groups -OCH3 is 1. The minimum absolute atomic E-state index is 0.186. The molecule has 0 bridgehead atoms. The summed E-state index contributed by atoms with van der Waals surface area (Å²) >= 11 is 6.51. The van der Waals surface area contributed by atoms with Crippen molar-refractivity contribution in [2.45, 2.75) is 6.61 Å². The standard InChI is InChI=1S/C27H19ClFNO2/c1-31-26-15-18(13-21(16-30)23-11-4-5-12-25(23)29)14-24(28)27(26)32-17-20-9-6-8-19-7-2-3-10-22(19)20/h2-15H,17H2,1H3/b21-13-. The molecule has 4 aromatic rings. The number of rotatable bonds is 6. The van der Waals surface area contributed by atoms with Gasteiger partial charge in [-0.1, -0.05) is 72.3 Å². The molecule has 0 saturated carbocycles. The minimum atomic E-state index is -0.464. The molecule has 0 aliphatic heterocycles. The largest absolute Gasteiger partial charge is 0.493 e. The summed E-state index contributed by atoms with van der Waals surface area (Å²) < 4.78 is 25.7. The summed E-state index contributed by atoms with van der Waals surface area (Å²) in [6, 6.07) is 25.7. The zero-order valence-electron chi connectivity index (χ0n) is 17.3. The zero-order chi connectivity index (χ0) is 22.5. The monoisotopic (exact) mass is 443 g/mol. The molecule has 0 unspecified atom stereocenters. The van der Waals surface area contributed by atoms with E-state index in [1.54, 1.807) is 36.4 Å². The molecule has 3 nitrogen and oxygen atoms in total. The molecule has 0 aliphatic carbocycles. The van der Waals surface area contributed by atoms with Crippen LogP contribution in [0.3, 0.4) is 0 Å². The van der Waals surface area contributed by atoms with Crippen LogP contribution in [0.25, 0.3) is 22.4 Å². The summed E-state index contributed by atoms with van der Waals surface area (Å²) in [5.74, 6) is 0.367. The third kappa shape index (κ3) is 4.44. The van der Waals surface area contributed by atoms with Crippen LogP contribution in [0, 0.1) is 17.1 Å². The van der Waals surface area contributed by atoms with Crippen LogP contribution in [0.1, 0.15) is 16.7 Å². The normalized spacial score (nSPS) is 11.2. The number of halogens is 2. The van der Waals surface area contributed by atoms with E-state index in [0.29, 0.717) is 28.7 Å². The molecule has 0 fully saturated rings. The van der Waals surface area contributed by atoms with Gasteiger partial charge in [-0.15, -0.1) is 0 Å².